The van der Waals surface area contributed by atoms with Gasteiger partial charge in [0.15, 0.2) is 5.82 Å². The zero-order valence-corrected chi connectivity index (χ0v) is 13.4. The molecule has 2 aromatic carbocycles. The number of hydrogen-bond acceptors (Lipinski definition) is 5. The van der Waals surface area contributed by atoms with Crippen LogP contribution in [0.4, 0.5) is 4.39 Å². The van der Waals surface area contributed by atoms with Crippen LogP contribution in [-0.2, 0) is 0 Å². The Bertz CT molecular complexity index is 860. The molecule has 1 heterocycles. The average molecular weight is 341 g/mol. The molecule has 0 radical (unpaired) electrons. The van der Waals surface area contributed by atoms with Crippen LogP contribution in [0.15, 0.2) is 53.1 Å². The van der Waals surface area contributed by atoms with Crippen molar-refractivity contribution in [2.24, 2.45) is 0 Å². The Labute approximate surface area is 143 Å². The molecule has 0 saturated carbocycles. The monoisotopic (exact) mass is 341 g/mol. The Kier molecular flexibility index (Phi) is 4.85. The van der Waals surface area contributed by atoms with Crippen LogP contribution in [0, 0.1) is 12.7 Å². The molecule has 0 fully saturated rings. The van der Waals surface area contributed by atoms with Crippen molar-refractivity contribution in [1.29, 1.82) is 0 Å². The Morgan fingerprint density at radius 2 is 1.88 bits per heavy atom. The van der Waals surface area contributed by atoms with Crippen molar-refractivity contribution in [2.75, 3.05) is 6.54 Å². The first-order valence-corrected chi connectivity index (χ1v) is 7.65. The van der Waals surface area contributed by atoms with E-state index in [0.29, 0.717) is 28.4 Å². The second-order valence-corrected chi connectivity index (χ2v) is 5.50. The molecule has 25 heavy (non-hydrogen) atoms. The maximum absolute atomic E-state index is 12.9. The number of benzene rings is 2. The van der Waals surface area contributed by atoms with Crippen molar-refractivity contribution in [3.63, 3.8) is 0 Å². The minimum Gasteiger partial charge on any atom is -0.387 e. The summed E-state index contributed by atoms with van der Waals surface area (Å²) >= 11 is 0. The summed E-state index contributed by atoms with van der Waals surface area (Å²) in [7, 11) is 0. The van der Waals surface area contributed by atoms with Crippen LogP contribution in [-0.4, -0.2) is 27.7 Å². The predicted molar refractivity (Wildman–Crippen MR) is 88.2 cm³/mol. The molecule has 0 aliphatic rings. The quantitative estimate of drug-likeness (QED) is 0.745. The molecule has 0 bridgehead atoms. The van der Waals surface area contributed by atoms with E-state index in [1.54, 1.807) is 31.2 Å². The minimum absolute atomic E-state index is 0.0229. The number of carbonyl (C=O) groups is 1. The molecule has 0 aliphatic heterocycles. The number of hydrogen-bond donors (Lipinski definition) is 2. The van der Waals surface area contributed by atoms with Crippen molar-refractivity contribution in [3.8, 4) is 11.5 Å². The highest BCUT2D eigenvalue weighted by Gasteiger charge is 2.12. The summed E-state index contributed by atoms with van der Waals surface area (Å²) in [5.41, 5.74) is 1.68. The van der Waals surface area contributed by atoms with Gasteiger partial charge >= 0.3 is 0 Å². The standard InChI is InChI=1S/C18H16FN3O3/c1-11-21-18(25-22-11)14-4-2-13(3-5-14)17(24)20-10-16(23)12-6-8-15(19)9-7-12/h2-9,16,23H,10H2,1H3,(H,20,24). The van der Waals surface area contributed by atoms with Gasteiger partial charge in [0.2, 0.25) is 0 Å². The van der Waals surface area contributed by atoms with Gasteiger partial charge in [0.1, 0.15) is 5.82 Å². The summed E-state index contributed by atoms with van der Waals surface area (Å²) < 4.78 is 17.9. The Morgan fingerprint density at radius 1 is 1.20 bits per heavy atom. The number of aryl methyl sites for hydroxylation is 1. The molecule has 1 amide bonds. The van der Waals surface area contributed by atoms with Gasteiger partial charge in [-0.3, -0.25) is 4.79 Å². The molecule has 128 valence electrons. The van der Waals surface area contributed by atoms with Gasteiger partial charge in [-0.2, -0.15) is 4.98 Å². The van der Waals surface area contributed by atoms with E-state index in [9.17, 15) is 14.3 Å². The van der Waals surface area contributed by atoms with Gasteiger partial charge in [0.25, 0.3) is 11.8 Å². The lowest BCUT2D eigenvalue weighted by molar-refractivity contribution is 0.0916. The molecule has 1 unspecified atom stereocenters. The van der Waals surface area contributed by atoms with Crippen molar-refractivity contribution >= 4 is 5.91 Å². The summed E-state index contributed by atoms with van der Waals surface area (Å²) in [5.74, 6) is 0.216. The Morgan fingerprint density at radius 3 is 2.48 bits per heavy atom. The molecule has 2 N–H and O–H groups in total. The third-order valence-electron chi connectivity index (χ3n) is 3.63. The molecule has 7 heteroatoms. The van der Waals surface area contributed by atoms with Gasteiger partial charge in [0, 0.05) is 17.7 Å². The lowest BCUT2D eigenvalue weighted by Crippen LogP contribution is -2.28. The molecular formula is C18H16FN3O3. The van der Waals surface area contributed by atoms with E-state index >= 15 is 0 Å². The lowest BCUT2D eigenvalue weighted by Gasteiger charge is -2.12. The molecule has 3 aromatic rings. The Balaban J connectivity index is 1.60. The van der Waals surface area contributed by atoms with Crippen molar-refractivity contribution in [2.45, 2.75) is 13.0 Å². The zero-order chi connectivity index (χ0) is 17.8. The third-order valence-corrected chi connectivity index (χ3v) is 3.63. The van der Waals surface area contributed by atoms with Crippen molar-refractivity contribution < 1.29 is 18.8 Å². The van der Waals surface area contributed by atoms with Gasteiger partial charge in [0.05, 0.1) is 6.10 Å². The molecule has 6 nitrogen and oxygen atoms in total. The first-order chi connectivity index (χ1) is 12.0. The molecule has 0 saturated heterocycles. The van der Waals surface area contributed by atoms with Crippen LogP contribution in [0.1, 0.15) is 27.8 Å². The van der Waals surface area contributed by atoms with E-state index in [2.05, 4.69) is 15.5 Å². The number of aromatic nitrogens is 2. The number of carbonyl (C=O) groups excluding carboxylic acids is 1. The number of aliphatic hydroxyl groups excluding tert-OH is 1. The highest BCUT2D eigenvalue weighted by atomic mass is 19.1. The summed E-state index contributed by atoms with van der Waals surface area (Å²) in [6, 6.07) is 12.2. The fraction of sp³-hybridized carbons (Fsp3) is 0.167. The molecule has 3 rings (SSSR count). The summed E-state index contributed by atoms with van der Waals surface area (Å²) in [6.07, 6.45) is -0.912. The normalized spacial score (nSPS) is 12.0. The number of rotatable bonds is 5. The minimum atomic E-state index is -0.912. The summed E-state index contributed by atoms with van der Waals surface area (Å²) in [4.78, 5) is 16.3. The van der Waals surface area contributed by atoms with Gasteiger partial charge < -0.3 is 14.9 Å². The van der Waals surface area contributed by atoms with Crippen molar-refractivity contribution in [3.05, 3.63) is 71.3 Å². The predicted octanol–water partition coefficient (Wildman–Crippen LogP) is 2.65. The third kappa shape index (κ3) is 4.07. The maximum Gasteiger partial charge on any atom is 0.257 e. The second kappa shape index (κ2) is 7.23. The second-order valence-electron chi connectivity index (χ2n) is 5.50. The molecule has 1 aromatic heterocycles. The number of aliphatic hydroxyl groups is 1. The summed E-state index contributed by atoms with van der Waals surface area (Å²) in [5, 5.41) is 16.4. The van der Waals surface area contributed by atoms with Crippen LogP contribution in [0.3, 0.4) is 0 Å². The largest absolute Gasteiger partial charge is 0.387 e. The van der Waals surface area contributed by atoms with Gasteiger partial charge in [-0.05, 0) is 48.9 Å². The van der Waals surface area contributed by atoms with Crippen molar-refractivity contribution in [1.82, 2.24) is 15.5 Å². The van der Waals surface area contributed by atoms with Crippen LogP contribution >= 0.6 is 0 Å². The van der Waals surface area contributed by atoms with Gasteiger partial charge in [-0.25, -0.2) is 4.39 Å². The van der Waals surface area contributed by atoms with Crippen LogP contribution in [0.25, 0.3) is 11.5 Å². The van der Waals surface area contributed by atoms with Gasteiger partial charge in [-0.1, -0.05) is 17.3 Å². The smallest absolute Gasteiger partial charge is 0.257 e. The van der Waals surface area contributed by atoms with Gasteiger partial charge in [-0.15, -0.1) is 0 Å². The van der Waals surface area contributed by atoms with Crippen LogP contribution in [0.5, 0.6) is 0 Å². The summed E-state index contributed by atoms with van der Waals surface area (Å²) in [6.45, 7) is 1.75. The van der Waals surface area contributed by atoms with E-state index in [1.165, 1.54) is 24.3 Å². The first-order valence-electron chi connectivity index (χ1n) is 7.65. The zero-order valence-electron chi connectivity index (χ0n) is 13.4. The topological polar surface area (TPSA) is 88.2 Å². The number of nitrogens with one attached hydrogen (secondary N) is 1. The molecule has 1 atom stereocenters. The number of amides is 1. The first kappa shape index (κ1) is 16.8. The van der Waals surface area contributed by atoms with E-state index in [0.717, 1.165) is 0 Å². The maximum atomic E-state index is 12.9. The number of halogens is 1. The highest BCUT2D eigenvalue weighted by molar-refractivity contribution is 5.94. The van der Waals surface area contributed by atoms with E-state index in [1.807, 2.05) is 0 Å². The Hall–Kier alpha value is -3.06. The van der Waals surface area contributed by atoms with E-state index < -0.39 is 6.10 Å². The van der Waals surface area contributed by atoms with Crippen LogP contribution in [0.2, 0.25) is 0 Å². The highest BCUT2D eigenvalue weighted by Crippen LogP contribution is 2.18. The van der Waals surface area contributed by atoms with E-state index in [-0.39, 0.29) is 18.3 Å². The fourth-order valence-corrected chi connectivity index (χ4v) is 2.27. The van der Waals surface area contributed by atoms with E-state index in [4.69, 9.17) is 4.52 Å². The SMILES string of the molecule is Cc1noc(-c2ccc(C(=O)NCC(O)c3ccc(F)cc3)cc2)n1. The average Bonchev–Trinajstić information content (AvgIpc) is 3.06. The molecule has 0 spiro atoms. The van der Waals surface area contributed by atoms with Crippen LogP contribution < -0.4 is 5.32 Å². The lowest BCUT2D eigenvalue weighted by atomic mass is 10.1. The molecular weight excluding hydrogens is 325 g/mol. The molecule has 0 aliphatic carbocycles. The number of nitrogens with zero attached hydrogens (tertiary/aromatic N) is 2. The fourth-order valence-electron chi connectivity index (χ4n) is 2.27.